The number of methoxy groups -OCH3 is 1. The summed E-state index contributed by atoms with van der Waals surface area (Å²) < 4.78 is 10.5. The van der Waals surface area contributed by atoms with Gasteiger partial charge in [0.25, 0.3) is 0 Å². The van der Waals surface area contributed by atoms with Crippen molar-refractivity contribution in [1.29, 1.82) is 0 Å². The third kappa shape index (κ3) is 3.96. The molecule has 1 heterocycles. The van der Waals surface area contributed by atoms with E-state index in [1.165, 1.54) is 7.11 Å². The van der Waals surface area contributed by atoms with Crippen LogP contribution in [-0.4, -0.2) is 41.9 Å². The first-order valence-corrected chi connectivity index (χ1v) is 11.0. The van der Waals surface area contributed by atoms with Crippen LogP contribution < -0.4 is 5.32 Å². The van der Waals surface area contributed by atoms with Crippen LogP contribution in [0.3, 0.4) is 0 Å². The Morgan fingerprint density at radius 2 is 1.71 bits per heavy atom. The second-order valence-corrected chi connectivity index (χ2v) is 8.29. The van der Waals surface area contributed by atoms with Crippen molar-refractivity contribution in [2.24, 2.45) is 0 Å². The maximum atomic E-state index is 12.7. The van der Waals surface area contributed by atoms with Crippen LogP contribution in [0.25, 0.3) is 22.0 Å². The van der Waals surface area contributed by atoms with Gasteiger partial charge in [0.05, 0.1) is 7.11 Å². The number of esters is 1. The van der Waals surface area contributed by atoms with Gasteiger partial charge in [0, 0.05) is 29.4 Å². The van der Waals surface area contributed by atoms with Gasteiger partial charge in [-0.1, -0.05) is 48.5 Å². The van der Waals surface area contributed by atoms with Gasteiger partial charge < -0.3 is 24.9 Å². The van der Waals surface area contributed by atoms with Gasteiger partial charge in [-0.05, 0) is 46.0 Å². The van der Waals surface area contributed by atoms with Crippen molar-refractivity contribution in [1.82, 2.24) is 10.3 Å². The Kier molecular flexibility index (Phi) is 5.67. The van der Waals surface area contributed by atoms with E-state index in [2.05, 4.69) is 22.4 Å². The topological polar surface area (TPSA) is 101 Å². The lowest BCUT2D eigenvalue weighted by molar-refractivity contribution is -0.142. The molecule has 7 nitrogen and oxygen atoms in total. The van der Waals surface area contributed by atoms with Crippen molar-refractivity contribution in [2.75, 3.05) is 13.7 Å². The minimum Gasteiger partial charge on any atom is -0.508 e. The van der Waals surface area contributed by atoms with Crippen LogP contribution in [0, 0.1) is 0 Å². The SMILES string of the molecule is COC(=O)C(Cc1c[nH]c2ccc(O)cc12)NC(=O)OCC1c2ccccc2-c2ccccc21. The number of carbonyl (C=O) groups excluding carboxylic acids is 2. The normalized spacial score (nSPS) is 13.2. The summed E-state index contributed by atoms with van der Waals surface area (Å²) in [5.41, 5.74) is 6.08. The molecule has 3 N–H and O–H groups in total. The van der Waals surface area contributed by atoms with Gasteiger partial charge >= 0.3 is 12.1 Å². The molecule has 1 aliphatic rings. The number of ether oxygens (including phenoxy) is 2. The summed E-state index contributed by atoms with van der Waals surface area (Å²) in [4.78, 5) is 28.2. The molecule has 1 unspecified atom stereocenters. The first-order chi connectivity index (χ1) is 16.5. The molecule has 1 aliphatic carbocycles. The lowest BCUT2D eigenvalue weighted by atomic mass is 9.98. The Labute approximate surface area is 196 Å². The van der Waals surface area contributed by atoms with E-state index in [1.807, 2.05) is 36.4 Å². The van der Waals surface area contributed by atoms with Crippen LogP contribution in [-0.2, 0) is 20.7 Å². The van der Waals surface area contributed by atoms with Gasteiger partial charge in [0.2, 0.25) is 0 Å². The molecular formula is C27H24N2O5. The highest BCUT2D eigenvalue weighted by molar-refractivity contribution is 5.87. The molecule has 0 spiro atoms. The van der Waals surface area contributed by atoms with Crippen molar-refractivity contribution in [3.8, 4) is 16.9 Å². The van der Waals surface area contributed by atoms with Crippen LogP contribution in [0.5, 0.6) is 5.75 Å². The van der Waals surface area contributed by atoms with E-state index in [1.54, 1.807) is 24.4 Å². The number of alkyl carbamates (subject to hydrolysis) is 1. The first-order valence-electron chi connectivity index (χ1n) is 11.0. The van der Waals surface area contributed by atoms with E-state index in [4.69, 9.17) is 9.47 Å². The molecule has 1 amide bonds. The second kappa shape index (κ2) is 8.94. The summed E-state index contributed by atoms with van der Waals surface area (Å²) >= 11 is 0. The third-order valence-corrected chi connectivity index (χ3v) is 6.30. The Balaban J connectivity index is 1.30. The fourth-order valence-corrected chi connectivity index (χ4v) is 4.67. The summed E-state index contributed by atoms with van der Waals surface area (Å²) in [6.07, 6.45) is 1.24. The fraction of sp³-hybridized carbons (Fsp3) is 0.185. The van der Waals surface area contributed by atoms with Gasteiger partial charge in [-0.15, -0.1) is 0 Å². The van der Waals surface area contributed by atoms with Gasteiger partial charge in [-0.2, -0.15) is 0 Å². The second-order valence-electron chi connectivity index (χ2n) is 8.29. The van der Waals surface area contributed by atoms with Gasteiger partial charge in [-0.3, -0.25) is 0 Å². The average molecular weight is 456 g/mol. The number of aromatic amines is 1. The molecule has 0 saturated heterocycles. The van der Waals surface area contributed by atoms with Gasteiger partial charge in [0.1, 0.15) is 18.4 Å². The Bertz CT molecular complexity index is 1330. The number of aromatic hydroxyl groups is 1. The zero-order chi connectivity index (χ0) is 23.7. The minimum absolute atomic E-state index is 0.0775. The largest absolute Gasteiger partial charge is 0.508 e. The number of amides is 1. The van der Waals surface area contributed by atoms with Crippen molar-refractivity contribution < 1.29 is 24.2 Å². The van der Waals surface area contributed by atoms with Crippen molar-refractivity contribution in [3.63, 3.8) is 0 Å². The molecule has 0 radical (unpaired) electrons. The van der Waals surface area contributed by atoms with E-state index in [-0.39, 0.29) is 24.7 Å². The smallest absolute Gasteiger partial charge is 0.407 e. The first kappa shape index (κ1) is 21.6. The Morgan fingerprint density at radius 3 is 2.38 bits per heavy atom. The molecule has 4 aromatic rings. The molecule has 1 atom stereocenters. The van der Waals surface area contributed by atoms with Crippen LogP contribution in [0.15, 0.2) is 72.9 Å². The number of H-pyrrole nitrogens is 1. The average Bonchev–Trinajstić information content (AvgIpc) is 3.40. The van der Waals surface area contributed by atoms with Crippen molar-refractivity contribution >= 4 is 23.0 Å². The number of carbonyl (C=O) groups is 2. The van der Waals surface area contributed by atoms with Crippen molar-refractivity contribution in [2.45, 2.75) is 18.4 Å². The summed E-state index contributed by atoms with van der Waals surface area (Å²) in [5, 5.41) is 13.2. The van der Waals surface area contributed by atoms with E-state index in [9.17, 15) is 14.7 Å². The van der Waals surface area contributed by atoms with Crippen LogP contribution in [0.1, 0.15) is 22.6 Å². The minimum atomic E-state index is -0.943. The molecule has 0 aliphatic heterocycles. The van der Waals surface area contributed by atoms with Crippen molar-refractivity contribution in [3.05, 3.63) is 89.6 Å². The monoisotopic (exact) mass is 456 g/mol. The molecule has 172 valence electrons. The number of benzene rings is 3. The number of aromatic nitrogens is 1. The van der Waals surface area contributed by atoms with E-state index < -0.39 is 18.1 Å². The number of hydrogen-bond acceptors (Lipinski definition) is 5. The number of phenolic OH excluding ortho intramolecular Hbond substituents is 1. The maximum absolute atomic E-state index is 12.7. The summed E-state index contributed by atoms with van der Waals surface area (Å²) in [5.74, 6) is -0.540. The predicted molar refractivity (Wildman–Crippen MR) is 128 cm³/mol. The Morgan fingerprint density at radius 1 is 1.03 bits per heavy atom. The molecule has 0 fully saturated rings. The maximum Gasteiger partial charge on any atom is 0.407 e. The Hall–Kier alpha value is -4.26. The molecule has 34 heavy (non-hydrogen) atoms. The lowest BCUT2D eigenvalue weighted by Crippen LogP contribution is -2.43. The standard InChI is InChI=1S/C27H24N2O5/c1-33-26(31)25(12-16-14-28-24-11-10-17(30)13-22(16)24)29-27(32)34-15-23-20-8-4-2-6-18(20)19-7-3-5-9-21(19)23/h2-11,13-14,23,25,28,30H,12,15H2,1H3,(H,29,32). The van der Waals surface area contributed by atoms with Gasteiger partial charge in [-0.25, -0.2) is 9.59 Å². The predicted octanol–water partition coefficient (Wildman–Crippen LogP) is 4.50. The highest BCUT2D eigenvalue weighted by Gasteiger charge is 2.30. The zero-order valence-electron chi connectivity index (χ0n) is 18.6. The lowest BCUT2D eigenvalue weighted by Gasteiger charge is -2.18. The number of nitrogens with one attached hydrogen (secondary N) is 2. The quantitative estimate of drug-likeness (QED) is 0.371. The number of phenols is 1. The van der Waals surface area contributed by atoms with Crippen LogP contribution in [0.2, 0.25) is 0 Å². The summed E-state index contributed by atoms with van der Waals surface area (Å²) in [6, 6.07) is 20.2. The molecule has 0 bridgehead atoms. The molecule has 0 saturated carbocycles. The summed E-state index contributed by atoms with van der Waals surface area (Å²) in [6.45, 7) is 0.148. The van der Waals surface area contributed by atoms with Crippen LogP contribution >= 0.6 is 0 Å². The summed E-state index contributed by atoms with van der Waals surface area (Å²) in [7, 11) is 1.27. The van der Waals surface area contributed by atoms with Crippen LogP contribution in [0.4, 0.5) is 4.79 Å². The molecule has 7 heteroatoms. The highest BCUT2D eigenvalue weighted by atomic mass is 16.6. The molecule has 1 aromatic heterocycles. The number of rotatable bonds is 6. The third-order valence-electron chi connectivity index (χ3n) is 6.30. The molecule has 5 rings (SSSR count). The van der Waals surface area contributed by atoms with E-state index >= 15 is 0 Å². The molecular weight excluding hydrogens is 432 g/mol. The molecule has 3 aromatic carbocycles. The van der Waals surface area contributed by atoms with Gasteiger partial charge in [0.15, 0.2) is 0 Å². The van der Waals surface area contributed by atoms with E-state index in [0.29, 0.717) is 0 Å². The number of hydrogen-bond donors (Lipinski definition) is 3. The fourth-order valence-electron chi connectivity index (χ4n) is 4.67. The number of fused-ring (bicyclic) bond motifs is 4. The highest BCUT2D eigenvalue weighted by Crippen LogP contribution is 2.44. The zero-order valence-corrected chi connectivity index (χ0v) is 18.6. The van der Waals surface area contributed by atoms with E-state index in [0.717, 1.165) is 38.7 Å².